The maximum absolute atomic E-state index is 12.8. The molecule has 1 aromatic heterocycles. The highest BCUT2D eigenvalue weighted by atomic mass is 16.5. The van der Waals surface area contributed by atoms with E-state index in [1.807, 2.05) is 29.2 Å². The predicted molar refractivity (Wildman–Crippen MR) is 108 cm³/mol. The fraction of sp³-hybridized carbons (Fsp3) is 0.455. The lowest BCUT2D eigenvalue weighted by atomic mass is 9.98. The Morgan fingerprint density at radius 2 is 2.07 bits per heavy atom. The summed E-state index contributed by atoms with van der Waals surface area (Å²) in [4.78, 5) is 21.5. The predicted octanol–water partition coefficient (Wildman–Crippen LogP) is 3.31. The van der Waals surface area contributed by atoms with Crippen LogP contribution in [-0.2, 0) is 11.3 Å². The molecule has 0 radical (unpaired) electrons. The monoisotopic (exact) mass is 367 g/mol. The summed E-state index contributed by atoms with van der Waals surface area (Å²) in [5, 5.41) is 0. The van der Waals surface area contributed by atoms with Gasteiger partial charge in [0.1, 0.15) is 0 Å². The molecule has 3 rings (SSSR count). The van der Waals surface area contributed by atoms with Crippen LogP contribution in [0.3, 0.4) is 0 Å². The van der Waals surface area contributed by atoms with Gasteiger partial charge in [-0.25, -0.2) is 0 Å². The van der Waals surface area contributed by atoms with Crippen LogP contribution >= 0.6 is 0 Å². The van der Waals surface area contributed by atoms with Crippen LogP contribution in [0.2, 0.25) is 0 Å². The van der Waals surface area contributed by atoms with Crippen LogP contribution in [0.1, 0.15) is 28.8 Å². The number of likely N-dealkylation sites (tertiary alicyclic amines) is 1. The maximum atomic E-state index is 12.8. The number of nitrogens with zero attached hydrogens (tertiary/aromatic N) is 3. The summed E-state index contributed by atoms with van der Waals surface area (Å²) in [5.74, 6) is 0.495. The minimum Gasteiger partial charge on any atom is -0.384 e. The summed E-state index contributed by atoms with van der Waals surface area (Å²) in [6.45, 7) is 3.14. The van der Waals surface area contributed by atoms with Gasteiger partial charge in [0.05, 0.1) is 17.9 Å². The molecule has 1 amide bonds. The number of amides is 1. The Morgan fingerprint density at radius 1 is 1.26 bits per heavy atom. The third kappa shape index (κ3) is 4.93. The molecule has 1 fully saturated rings. The molecular formula is C22H29N3O2. The molecule has 0 bridgehead atoms. The quantitative estimate of drug-likeness (QED) is 0.786. The van der Waals surface area contributed by atoms with Gasteiger partial charge in [-0.3, -0.25) is 9.78 Å². The Hall–Kier alpha value is -2.24. The topological polar surface area (TPSA) is 45.7 Å². The minimum atomic E-state index is 0.0661. The first-order valence-corrected chi connectivity index (χ1v) is 9.55. The van der Waals surface area contributed by atoms with Crippen molar-refractivity contribution < 1.29 is 9.53 Å². The van der Waals surface area contributed by atoms with Crippen LogP contribution in [0.15, 0.2) is 42.6 Å². The number of hydrogen-bond acceptors (Lipinski definition) is 4. The lowest BCUT2D eigenvalue weighted by Crippen LogP contribution is -2.41. The van der Waals surface area contributed by atoms with Crippen LogP contribution in [0, 0.1) is 5.92 Å². The Kier molecular flexibility index (Phi) is 6.58. The number of rotatable bonds is 6. The van der Waals surface area contributed by atoms with Crippen molar-refractivity contribution in [1.82, 2.24) is 14.8 Å². The average molecular weight is 367 g/mol. The van der Waals surface area contributed by atoms with Gasteiger partial charge < -0.3 is 14.5 Å². The number of methoxy groups -OCH3 is 1. The first-order chi connectivity index (χ1) is 13.1. The molecule has 0 N–H and O–H groups in total. The molecule has 27 heavy (non-hydrogen) atoms. The van der Waals surface area contributed by atoms with Gasteiger partial charge in [-0.05, 0) is 50.6 Å². The standard InChI is InChI=1S/C22H29N3O2/c1-24(2)15-19-8-4-5-9-20(19)21-11-10-18(13-23-21)22(26)25-12-6-7-17(14-25)16-27-3/h4-5,8-11,13,17H,6-7,12,14-16H2,1-3H3/t17-/m0/s1. The van der Waals surface area contributed by atoms with E-state index in [-0.39, 0.29) is 5.91 Å². The molecule has 144 valence electrons. The van der Waals surface area contributed by atoms with Crippen LogP contribution in [0.4, 0.5) is 0 Å². The summed E-state index contributed by atoms with van der Waals surface area (Å²) in [5.41, 5.74) is 3.90. The van der Waals surface area contributed by atoms with Crippen molar-refractivity contribution in [2.75, 3.05) is 40.9 Å². The highest BCUT2D eigenvalue weighted by Gasteiger charge is 2.24. The number of aromatic nitrogens is 1. The minimum absolute atomic E-state index is 0.0661. The van der Waals surface area contributed by atoms with E-state index >= 15 is 0 Å². The normalized spacial score (nSPS) is 17.3. The number of carbonyl (C=O) groups is 1. The van der Waals surface area contributed by atoms with E-state index in [0.29, 0.717) is 18.1 Å². The van der Waals surface area contributed by atoms with Gasteiger partial charge in [0, 0.05) is 38.5 Å². The lowest BCUT2D eigenvalue weighted by Gasteiger charge is -2.32. The average Bonchev–Trinajstić information content (AvgIpc) is 2.68. The second-order valence-electron chi connectivity index (χ2n) is 7.54. The maximum Gasteiger partial charge on any atom is 0.255 e. The number of piperidine rings is 1. The summed E-state index contributed by atoms with van der Waals surface area (Å²) in [6, 6.07) is 12.1. The summed E-state index contributed by atoms with van der Waals surface area (Å²) in [6.07, 6.45) is 3.87. The number of carbonyl (C=O) groups excluding carboxylic acids is 1. The summed E-state index contributed by atoms with van der Waals surface area (Å²) in [7, 11) is 5.83. The molecule has 2 heterocycles. The molecule has 0 unspecified atom stereocenters. The van der Waals surface area contributed by atoms with Gasteiger partial charge in [-0.1, -0.05) is 24.3 Å². The van der Waals surface area contributed by atoms with E-state index in [9.17, 15) is 4.79 Å². The van der Waals surface area contributed by atoms with Crippen molar-refractivity contribution in [3.63, 3.8) is 0 Å². The summed E-state index contributed by atoms with van der Waals surface area (Å²) >= 11 is 0. The third-order valence-corrected chi connectivity index (χ3v) is 5.00. The fourth-order valence-electron chi connectivity index (χ4n) is 3.73. The Labute approximate surface area is 162 Å². The Balaban J connectivity index is 1.75. The van der Waals surface area contributed by atoms with E-state index in [4.69, 9.17) is 4.74 Å². The van der Waals surface area contributed by atoms with Gasteiger partial charge >= 0.3 is 0 Å². The zero-order valence-electron chi connectivity index (χ0n) is 16.5. The molecule has 0 spiro atoms. The van der Waals surface area contributed by atoms with E-state index in [0.717, 1.165) is 43.7 Å². The lowest BCUT2D eigenvalue weighted by molar-refractivity contribution is 0.0570. The van der Waals surface area contributed by atoms with E-state index in [1.54, 1.807) is 13.3 Å². The largest absolute Gasteiger partial charge is 0.384 e. The zero-order valence-corrected chi connectivity index (χ0v) is 16.5. The van der Waals surface area contributed by atoms with Crippen molar-refractivity contribution in [2.45, 2.75) is 19.4 Å². The van der Waals surface area contributed by atoms with Gasteiger partial charge in [0.2, 0.25) is 0 Å². The van der Waals surface area contributed by atoms with Crippen molar-refractivity contribution in [3.8, 4) is 11.3 Å². The SMILES string of the molecule is COC[C@H]1CCCN(C(=O)c2ccc(-c3ccccc3CN(C)C)nc2)C1. The van der Waals surface area contributed by atoms with Gasteiger partial charge in [0.15, 0.2) is 0 Å². The first kappa shape index (κ1) is 19.5. The summed E-state index contributed by atoms with van der Waals surface area (Å²) < 4.78 is 5.26. The Bertz CT molecular complexity index is 756. The van der Waals surface area contributed by atoms with Crippen LogP contribution in [0.25, 0.3) is 11.3 Å². The number of benzene rings is 1. The molecule has 0 aliphatic carbocycles. The molecule has 1 aliphatic rings. The molecule has 1 aliphatic heterocycles. The van der Waals surface area contributed by atoms with E-state index in [1.165, 1.54) is 5.56 Å². The third-order valence-electron chi connectivity index (χ3n) is 5.00. The first-order valence-electron chi connectivity index (χ1n) is 9.55. The van der Waals surface area contributed by atoms with Crippen LogP contribution < -0.4 is 0 Å². The molecule has 5 heteroatoms. The van der Waals surface area contributed by atoms with Crippen molar-refractivity contribution in [3.05, 3.63) is 53.7 Å². The molecule has 0 saturated carbocycles. The van der Waals surface area contributed by atoms with Gasteiger partial charge in [-0.2, -0.15) is 0 Å². The van der Waals surface area contributed by atoms with Crippen LogP contribution in [-0.4, -0.2) is 61.6 Å². The molecule has 1 atom stereocenters. The highest BCUT2D eigenvalue weighted by molar-refractivity contribution is 5.94. The zero-order chi connectivity index (χ0) is 19.2. The highest BCUT2D eigenvalue weighted by Crippen LogP contribution is 2.24. The van der Waals surface area contributed by atoms with E-state index in [2.05, 4.69) is 36.1 Å². The van der Waals surface area contributed by atoms with Crippen LogP contribution in [0.5, 0.6) is 0 Å². The van der Waals surface area contributed by atoms with E-state index < -0.39 is 0 Å². The van der Waals surface area contributed by atoms with Crippen molar-refractivity contribution >= 4 is 5.91 Å². The smallest absolute Gasteiger partial charge is 0.255 e. The van der Waals surface area contributed by atoms with Crippen molar-refractivity contribution in [2.24, 2.45) is 5.92 Å². The number of hydrogen-bond donors (Lipinski definition) is 0. The second-order valence-corrected chi connectivity index (χ2v) is 7.54. The molecule has 2 aromatic rings. The molecule has 5 nitrogen and oxygen atoms in total. The van der Waals surface area contributed by atoms with Gasteiger partial charge in [0.25, 0.3) is 5.91 Å². The molecule has 1 saturated heterocycles. The molecular weight excluding hydrogens is 338 g/mol. The number of pyridine rings is 1. The number of ether oxygens (including phenoxy) is 1. The Morgan fingerprint density at radius 3 is 2.78 bits per heavy atom. The molecule has 1 aromatic carbocycles. The second kappa shape index (κ2) is 9.11. The van der Waals surface area contributed by atoms with Gasteiger partial charge in [-0.15, -0.1) is 0 Å². The fourth-order valence-corrected chi connectivity index (χ4v) is 3.73. The van der Waals surface area contributed by atoms with Crippen molar-refractivity contribution in [1.29, 1.82) is 0 Å².